The molecule has 0 aliphatic carbocycles. The largest absolute Gasteiger partial charge is 0.504 e. The Hall–Kier alpha value is -3.22. The maximum absolute atomic E-state index is 10.0. The molecule has 21 heavy (non-hydrogen) atoms. The van der Waals surface area contributed by atoms with E-state index in [2.05, 4.69) is 20.6 Å². The van der Waals surface area contributed by atoms with Crippen molar-refractivity contribution in [2.45, 2.75) is 0 Å². The number of aromatic hydroxyl groups is 1. The van der Waals surface area contributed by atoms with Gasteiger partial charge in [-0.2, -0.15) is 0 Å². The lowest BCUT2D eigenvalue weighted by Crippen LogP contribution is -1.97. The second kappa shape index (κ2) is 4.41. The van der Waals surface area contributed by atoms with Gasteiger partial charge < -0.3 is 9.84 Å². The van der Waals surface area contributed by atoms with Crippen molar-refractivity contribution >= 4 is 16.4 Å². The number of phenolic OH excluding ortho intramolecular Hbond substituents is 1. The molecule has 0 saturated heterocycles. The van der Waals surface area contributed by atoms with Gasteiger partial charge in [0.2, 0.25) is 5.88 Å². The van der Waals surface area contributed by atoms with E-state index in [1.54, 1.807) is 24.3 Å². The SMILES string of the molecule is Oc1cc2ccccc2cc1Oc1ccc2nnnn2n1. The zero-order valence-corrected chi connectivity index (χ0v) is 10.7. The summed E-state index contributed by atoms with van der Waals surface area (Å²) in [5, 5.41) is 27.0. The average Bonchev–Trinajstić information content (AvgIpc) is 2.95. The molecule has 2 heterocycles. The van der Waals surface area contributed by atoms with Crippen LogP contribution in [0.3, 0.4) is 0 Å². The number of phenols is 1. The van der Waals surface area contributed by atoms with Crippen LogP contribution in [-0.2, 0) is 0 Å². The number of rotatable bonds is 2. The normalized spacial score (nSPS) is 11.0. The van der Waals surface area contributed by atoms with Gasteiger partial charge in [0.15, 0.2) is 17.1 Å². The monoisotopic (exact) mass is 279 g/mol. The molecule has 2 aromatic carbocycles. The summed E-state index contributed by atoms with van der Waals surface area (Å²) < 4.78 is 6.87. The molecule has 0 unspecified atom stereocenters. The fourth-order valence-corrected chi connectivity index (χ4v) is 2.09. The zero-order valence-electron chi connectivity index (χ0n) is 10.7. The number of hydrogen-bond acceptors (Lipinski definition) is 6. The molecule has 2 aromatic heterocycles. The van der Waals surface area contributed by atoms with Crippen LogP contribution in [0.1, 0.15) is 0 Å². The highest BCUT2D eigenvalue weighted by molar-refractivity contribution is 5.85. The van der Waals surface area contributed by atoms with Crippen LogP contribution in [0.5, 0.6) is 17.4 Å². The summed E-state index contributed by atoms with van der Waals surface area (Å²) in [7, 11) is 0. The molecule has 4 aromatic rings. The molecule has 4 rings (SSSR count). The van der Waals surface area contributed by atoms with Gasteiger partial charge in [-0.05, 0) is 39.4 Å². The lowest BCUT2D eigenvalue weighted by molar-refractivity contribution is 0.397. The molecule has 7 heteroatoms. The summed E-state index contributed by atoms with van der Waals surface area (Å²) in [5.74, 6) is 0.668. The molecular weight excluding hydrogens is 270 g/mol. The summed E-state index contributed by atoms with van der Waals surface area (Å²) >= 11 is 0. The van der Waals surface area contributed by atoms with Crippen LogP contribution in [0, 0.1) is 0 Å². The summed E-state index contributed by atoms with van der Waals surface area (Å²) in [6.45, 7) is 0. The third-order valence-electron chi connectivity index (χ3n) is 3.09. The van der Waals surface area contributed by atoms with Crippen LogP contribution >= 0.6 is 0 Å². The number of tetrazole rings is 1. The molecule has 0 aliphatic heterocycles. The van der Waals surface area contributed by atoms with E-state index in [1.807, 2.05) is 24.3 Å². The number of benzene rings is 2. The molecule has 1 N–H and O–H groups in total. The van der Waals surface area contributed by atoms with Gasteiger partial charge in [-0.15, -0.1) is 14.8 Å². The summed E-state index contributed by atoms with van der Waals surface area (Å²) in [6.07, 6.45) is 0. The van der Waals surface area contributed by atoms with Crippen molar-refractivity contribution in [3.05, 3.63) is 48.5 Å². The quantitative estimate of drug-likeness (QED) is 0.605. The maximum atomic E-state index is 10.0. The Morgan fingerprint density at radius 3 is 2.67 bits per heavy atom. The van der Waals surface area contributed by atoms with Crippen LogP contribution in [0.25, 0.3) is 16.4 Å². The smallest absolute Gasteiger partial charge is 0.239 e. The van der Waals surface area contributed by atoms with Crippen LogP contribution in [0.15, 0.2) is 48.5 Å². The molecule has 0 aliphatic rings. The van der Waals surface area contributed by atoms with E-state index in [-0.39, 0.29) is 5.75 Å². The van der Waals surface area contributed by atoms with E-state index in [9.17, 15) is 5.11 Å². The van der Waals surface area contributed by atoms with Crippen molar-refractivity contribution in [2.75, 3.05) is 0 Å². The predicted octanol–water partition coefficient (Wildman–Crippen LogP) is 2.17. The predicted molar refractivity (Wildman–Crippen MR) is 74.3 cm³/mol. The fraction of sp³-hybridized carbons (Fsp3) is 0. The number of ether oxygens (including phenoxy) is 1. The van der Waals surface area contributed by atoms with Crippen LogP contribution in [0.4, 0.5) is 0 Å². The lowest BCUT2D eigenvalue weighted by Gasteiger charge is -2.08. The Morgan fingerprint density at radius 2 is 1.81 bits per heavy atom. The fourth-order valence-electron chi connectivity index (χ4n) is 2.09. The van der Waals surface area contributed by atoms with Crippen LogP contribution < -0.4 is 4.74 Å². The van der Waals surface area contributed by atoms with Crippen molar-refractivity contribution in [1.29, 1.82) is 0 Å². The maximum Gasteiger partial charge on any atom is 0.239 e. The molecule has 0 bridgehead atoms. The Bertz CT molecular complexity index is 950. The third kappa shape index (κ3) is 2.00. The second-order valence-electron chi connectivity index (χ2n) is 4.47. The van der Waals surface area contributed by atoms with Gasteiger partial charge in [-0.1, -0.05) is 24.3 Å². The standard InChI is InChI=1S/C14H9N5O2/c20-11-7-9-3-1-2-4-10(9)8-12(11)21-14-6-5-13-15-17-18-19(13)16-14/h1-8,20H. The van der Waals surface area contributed by atoms with Crippen molar-refractivity contribution in [1.82, 2.24) is 25.3 Å². The molecule has 102 valence electrons. The van der Waals surface area contributed by atoms with Gasteiger partial charge in [0.25, 0.3) is 0 Å². The highest BCUT2D eigenvalue weighted by atomic mass is 16.5. The van der Waals surface area contributed by atoms with E-state index >= 15 is 0 Å². The molecule has 0 atom stereocenters. The number of hydrogen-bond donors (Lipinski definition) is 1. The zero-order chi connectivity index (χ0) is 14.2. The first-order chi connectivity index (χ1) is 10.3. The van der Waals surface area contributed by atoms with E-state index in [1.165, 1.54) is 4.63 Å². The minimum absolute atomic E-state index is 0.0484. The lowest BCUT2D eigenvalue weighted by atomic mass is 10.1. The van der Waals surface area contributed by atoms with Gasteiger partial charge in [-0.3, -0.25) is 0 Å². The molecule has 0 radical (unpaired) electrons. The van der Waals surface area contributed by atoms with E-state index in [4.69, 9.17) is 4.74 Å². The van der Waals surface area contributed by atoms with E-state index < -0.39 is 0 Å². The molecule has 0 spiro atoms. The average molecular weight is 279 g/mol. The first-order valence-corrected chi connectivity index (χ1v) is 6.25. The molecule has 0 amide bonds. The van der Waals surface area contributed by atoms with E-state index in [0.717, 1.165) is 10.8 Å². The summed E-state index contributed by atoms with van der Waals surface area (Å²) in [6, 6.07) is 14.4. The van der Waals surface area contributed by atoms with Gasteiger partial charge >= 0.3 is 0 Å². The Morgan fingerprint density at radius 1 is 1.00 bits per heavy atom. The van der Waals surface area contributed by atoms with Crippen molar-refractivity contribution in [2.24, 2.45) is 0 Å². The third-order valence-corrected chi connectivity index (χ3v) is 3.09. The van der Waals surface area contributed by atoms with Crippen LogP contribution in [-0.4, -0.2) is 30.4 Å². The van der Waals surface area contributed by atoms with Crippen molar-refractivity contribution in [3.63, 3.8) is 0 Å². The Labute approximate surface area is 118 Å². The van der Waals surface area contributed by atoms with Gasteiger partial charge in [0.1, 0.15) is 0 Å². The number of aromatic nitrogens is 5. The molecule has 0 saturated carbocycles. The molecular formula is C14H9N5O2. The summed E-state index contributed by atoms with van der Waals surface area (Å²) in [4.78, 5) is 0. The highest BCUT2D eigenvalue weighted by Gasteiger charge is 2.08. The van der Waals surface area contributed by atoms with Gasteiger partial charge in [-0.25, -0.2) is 0 Å². The first-order valence-electron chi connectivity index (χ1n) is 6.25. The first kappa shape index (κ1) is 11.6. The van der Waals surface area contributed by atoms with Crippen LogP contribution in [0.2, 0.25) is 0 Å². The number of nitrogens with zero attached hydrogens (tertiary/aromatic N) is 5. The topological polar surface area (TPSA) is 85.4 Å². The Balaban J connectivity index is 1.77. The van der Waals surface area contributed by atoms with Gasteiger partial charge in [0, 0.05) is 6.07 Å². The number of fused-ring (bicyclic) bond motifs is 2. The highest BCUT2D eigenvalue weighted by Crippen LogP contribution is 2.33. The van der Waals surface area contributed by atoms with Gasteiger partial charge in [0.05, 0.1) is 0 Å². The second-order valence-corrected chi connectivity index (χ2v) is 4.47. The van der Waals surface area contributed by atoms with E-state index in [0.29, 0.717) is 17.3 Å². The molecule has 7 nitrogen and oxygen atoms in total. The minimum Gasteiger partial charge on any atom is -0.504 e. The van der Waals surface area contributed by atoms with Crippen molar-refractivity contribution in [3.8, 4) is 17.4 Å². The Kier molecular flexibility index (Phi) is 2.43. The van der Waals surface area contributed by atoms with Crippen molar-refractivity contribution < 1.29 is 9.84 Å². The minimum atomic E-state index is 0.0484. The molecule has 0 fully saturated rings. The summed E-state index contributed by atoms with van der Waals surface area (Å²) in [5.41, 5.74) is 0.519.